The SMILES string of the molecule is CC1CN(c2ccc(NC(=O)COc3ccccc3Br)cc2)CC(C)O1. The minimum Gasteiger partial charge on any atom is -0.483 e. The zero-order valence-corrected chi connectivity index (χ0v) is 16.5. The van der Waals surface area contributed by atoms with E-state index < -0.39 is 0 Å². The van der Waals surface area contributed by atoms with Gasteiger partial charge in [0.2, 0.25) is 0 Å². The third kappa shape index (κ3) is 4.99. The molecule has 2 unspecified atom stereocenters. The maximum absolute atomic E-state index is 12.1. The van der Waals surface area contributed by atoms with E-state index in [2.05, 4.69) is 40.0 Å². The van der Waals surface area contributed by atoms with Crippen LogP contribution >= 0.6 is 15.9 Å². The van der Waals surface area contributed by atoms with E-state index in [1.165, 1.54) is 0 Å². The minimum absolute atomic E-state index is 0.0388. The molecule has 26 heavy (non-hydrogen) atoms. The summed E-state index contributed by atoms with van der Waals surface area (Å²) in [5.41, 5.74) is 1.89. The van der Waals surface area contributed by atoms with Gasteiger partial charge in [0, 0.05) is 24.5 Å². The van der Waals surface area contributed by atoms with Gasteiger partial charge in [-0.25, -0.2) is 0 Å². The summed E-state index contributed by atoms with van der Waals surface area (Å²) in [6.45, 7) is 5.87. The van der Waals surface area contributed by atoms with Gasteiger partial charge in [0.05, 0.1) is 16.7 Å². The fourth-order valence-electron chi connectivity index (χ4n) is 3.05. The van der Waals surface area contributed by atoms with Gasteiger partial charge in [-0.1, -0.05) is 12.1 Å². The van der Waals surface area contributed by atoms with Crippen molar-refractivity contribution in [3.8, 4) is 5.75 Å². The molecule has 6 heteroatoms. The highest BCUT2D eigenvalue weighted by Crippen LogP contribution is 2.24. The number of halogens is 1. The van der Waals surface area contributed by atoms with Crippen molar-refractivity contribution in [1.82, 2.24) is 0 Å². The Morgan fingerprint density at radius 1 is 1.15 bits per heavy atom. The van der Waals surface area contributed by atoms with Gasteiger partial charge in [0.1, 0.15) is 5.75 Å². The van der Waals surface area contributed by atoms with Crippen LogP contribution in [0.1, 0.15) is 13.8 Å². The third-order valence-corrected chi connectivity index (χ3v) is 4.79. The molecule has 0 saturated carbocycles. The molecule has 138 valence electrons. The number of morpholine rings is 1. The quantitative estimate of drug-likeness (QED) is 0.794. The molecule has 1 heterocycles. The van der Waals surface area contributed by atoms with Gasteiger partial charge in [0.25, 0.3) is 5.91 Å². The van der Waals surface area contributed by atoms with Crippen LogP contribution in [0.4, 0.5) is 11.4 Å². The van der Waals surface area contributed by atoms with Crippen molar-refractivity contribution >= 4 is 33.2 Å². The Hall–Kier alpha value is -2.05. The van der Waals surface area contributed by atoms with E-state index in [9.17, 15) is 4.79 Å². The summed E-state index contributed by atoms with van der Waals surface area (Å²) in [5.74, 6) is 0.454. The third-order valence-electron chi connectivity index (χ3n) is 4.13. The average molecular weight is 419 g/mol. The number of carbonyl (C=O) groups is 1. The highest BCUT2D eigenvalue weighted by Gasteiger charge is 2.22. The maximum atomic E-state index is 12.1. The lowest BCUT2D eigenvalue weighted by molar-refractivity contribution is -0.118. The van der Waals surface area contributed by atoms with Gasteiger partial charge in [-0.05, 0) is 66.2 Å². The van der Waals surface area contributed by atoms with Crippen LogP contribution in [0, 0.1) is 0 Å². The van der Waals surface area contributed by atoms with E-state index in [1.54, 1.807) is 0 Å². The van der Waals surface area contributed by atoms with Crippen molar-refractivity contribution in [1.29, 1.82) is 0 Å². The zero-order chi connectivity index (χ0) is 18.5. The second-order valence-corrected chi connectivity index (χ2v) is 7.33. The molecule has 1 saturated heterocycles. The summed E-state index contributed by atoms with van der Waals surface area (Å²) in [7, 11) is 0. The molecule has 0 radical (unpaired) electrons. The van der Waals surface area contributed by atoms with Gasteiger partial charge < -0.3 is 19.7 Å². The molecule has 0 aliphatic carbocycles. The smallest absolute Gasteiger partial charge is 0.262 e. The summed E-state index contributed by atoms with van der Waals surface area (Å²) in [6, 6.07) is 15.3. The van der Waals surface area contributed by atoms with Crippen LogP contribution < -0.4 is 15.0 Å². The standard InChI is InChI=1S/C20H23BrN2O3/c1-14-11-23(12-15(2)26-14)17-9-7-16(8-10-17)22-20(24)13-25-19-6-4-3-5-18(19)21/h3-10,14-15H,11-13H2,1-2H3,(H,22,24). The highest BCUT2D eigenvalue weighted by molar-refractivity contribution is 9.10. The number of anilines is 2. The summed E-state index contributed by atoms with van der Waals surface area (Å²) >= 11 is 3.40. The first kappa shape index (κ1) is 18.7. The van der Waals surface area contributed by atoms with E-state index >= 15 is 0 Å². The number of para-hydroxylation sites is 1. The van der Waals surface area contributed by atoms with Crippen LogP contribution in [0.25, 0.3) is 0 Å². The van der Waals surface area contributed by atoms with Crippen LogP contribution in [-0.4, -0.2) is 37.8 Å². The lowest BCUT2D eigenvalue weighted by Crippen LogP contribution is -2.45. The zero-order valence-electron chi connectivity index (χ0n) is 14.9. The maximum Gasteiger partial charge on any atom is 0.262 e. The van der Waals surface area contributed by atoms with Gasteiger partial charge >= 0.3 is 0 Å². The van der Waals surface area contributed by atoms with Crippen molar-refractivity contribution in [2.45, 2.75) is 26.1 Å². The van der Waals surface area contributed by atoms with E-state index in [0.29, 0.717) is 5.75 Å². The van der Waals surface area contributed by atoms with Crippen LogP contribution in [-0.2, 0) is 9.53 Å². The molecule has 1 fully saturated rings. The fourth-order valence-corrected chi connectivity index (χ4v) is 3.45. The number of benzene rings is 2. The van der Waals surface area contributed by atoms with E-state index in [-0.39, 0.29) is 24.7 Å². The van der Waals surface area contributed by atoms with Crippen LogP contribution in [0.5, 0.6) is 5.75 Å². The topological polar surface area (TPSA) is 50.8 Å². The van der Waals surface area contributed by atoms with Gasteiger partial charge in [-0.2, -0.15) is 0 Å². The van der Waals surface area contributed by atoms with E-state index in [4.69, 9.17) is 9.47 Å². The second kappa shape index (κ2) is 8.56. The van der Waals surface area contributed by atoms with E-state index in [0.717, 1.165) is 28.9 Å². The molecule has 1 aliphatic heterocycles. The van der Waals surface area contributed by atoms with Crippen LogP contribution in [0.3, 0.4) is 0 Å². The van der Waals surface area contributed by atoms with Crippen molar-refractivity contribution < 1.29 is 14.3 Å². The molecule has 0 bridgehead atoms. The molecular formula is C20H23BrN2O3. The number of nitrogens with one attached hydrogen (secondary N) is 1. The monoisotopic (exact) mass is 418 g/mol. The first-order chi connectivity index (χ1) is 12.5. The summed E-state index contributed by atoms with van der Waals surface area (Å²) in [6.07, 6.45) is 0.431. The van der Waals surface area contributed by atoms with Gasteiger partial charge in [0.15, 0.2) is 6.61 Å². The summed E-state index contributed by atoms with van der Waals surface area (Å²) in [5, 5.41) is 2.86. The number of hydrogen-bond donors (Lipinski definition) is 1. The van der Waals surface area contributed by atoms with Gasteiger partial charge in [-0.3, -0.25) is 4.79 Å². The number of amides is 1. The molecule has 0 aromatic heterocycles. The normalized spacial score (nSPS) is 19.9. The molecule has 2 aromatic rings. The predicted octanol–water partition coefficient (Wildman–Crippen LogP) is 4.08. The molecule has 2 atom stereocenters. The van der Waals surface area contributed by atoms with E-state index in [1.807, 2.05) is 48.5 Å². The molecule has 1 N–H and O–H groups in total. The Balaban J connectivity index is 1.54. The Morgan fingerprint density at radius 2 is 1.81 bits per heavy atom. The number of rotatable bonds is 5. The van der Waals surface area contributed by atoms with Crippen LogP contribution in [0.15, 0.2) is 53.0 Å². The molecule has 0 spiro atoms. The van der Waals surface area contributed by atoms with Crippen molar-refractivity contribution in [3.05, 3.63) is 53.0 Å². The number of ether oxygens (including phenoxy) is 2. The minimum atomic E-state index is -0.192. The Morgan fingerprint density at radius 3 is 2.46 bits per heavy atom. The largest absolute Gasteiger partial charge is 0.483 e. The molecule has 1 amide bonds. The van der Waals surface area contributed by atoms with Crippen LogP contribution in [0.2, 0.25) is 0 Å². The molecule has 3 rings (SSSR count). The molecule has 1 aliphatic rings. The summed E-state index contributed by atoms with van der Waals surface area (Å²) in [4.78, 5) is 14.4. The summed E-state index contributed by atoms with van der Waals surface area (Å²) < 4.78 is 12.1. The van der Waals surface area contributed by atoms with Crippen molar-refractivity contribution in [2.75, 3.05) is 29.9 Å². The molecule has 2 aromatic carbocycles. The average Bonchev–Trinajstić information content (AvgIpc) is 2.61. The van der Waals surface area contributed by atoms with Gasteiger partial charge in [-0.15, -0.1) is 0 Å². The Labute approximate surface area is 162 Å². The predicted molar refractivity (Wildman–Crippen MR) is 107 cm³/mol. The Bertz CT molecular complexity index is 741. The number of carbonyl (C=O) groups excluding carboxylic acids is 1. The second-order valence-electron chi connectivity index (χ2n) is 6.48. The fraction of sp³-hybridized carbons (Fsp3) is 0.350. The first-order valence-corrected chi connectivity index (χ1v) is 9.48. The van der Waals surface area contributed by atoms with Crippen molar-refractivity contribution in [3.63, 3.8) is 0 Å². The lowest BCUT2D eigenvalue weighted by atomic mass is 10.2. The number of hydrogen-bond acceptors (Lipinski definition) is 4. The highest BCUT2D eigenvalue weighted by atomic mass is 79.9. The number of nitrogens with zero attached hydrogens (tertiary/aromatic N) is 1. The molecular weight excluding hydrogens is 396 g/mol. The lowest BCUT2D eigenvalue weighted by Gasteiger charge is -2.36. The van der Waals surface area contributed by atoms with Crippen molar-refractivity contribution in [2.24, 2.45) is 0 Å². The Kier molecular flexibility index (Phi) is 6.16. The first-order valence-electron chi connectivity index (χ1n) is 8.69. The molecule has 5 nitrogen and oxygen atoms in total.